The Bertz CT molecular complexity index is 1370. The van der Waals surface area contributed by atoms with Crippen LogP contribution in [0.2, 0.25) is 0 Å². The third-order valence-electron chi connectivity index (χ3n) is 6.22. The number of hydrogen-bond acceptors (Lipinski definition) is 5. The van der Waals surface area contributed by atoms with Crippen LogP contribution in [0.5, 0.6) is 5.75 Å². The number of nitrogens with one attached hydrogen (secondary N) is 2. The van der Waals surface area contributed by atoms with E-state index < -0.39 is 15.9 Å². The first-order chi connectivity index (χ1) is 16.9. The zero-order valence-electron chi connectivity index (χ0n) is 18.9. The molecule has 180 valence electrons. The molecule has 2 amide bonds. The van der Waals surface area contributed by atoms with Crippen molar-refractivity contribution in [3.05, 3.63) is 83.9 Å². The third-order valence-corrected chi connectivity index (χ3v) is 7.60. The number of benzene rings is 3. The molecular weight excluding hydrogens is 466 g/mol. The number of sulfonamides is 1. The minimum atomic E-state index is -3.92. The van der Waals surface area contributed by atoms with Crippen molar-refractivity contribution < 1.29 is 22.7 Å². The summed E-state index contributed by atoms with van der Waals surface area (Å²) in [5.41, 5.74) is 2.98. The second kappa shape index (κ2) is 9.42. The van der Waals surface area contributed by atoms with Crippen LogP contribution in [0.15, 0.2) is 77.7 Å². The first-order valence-corrected chi connectivity index (χ1v) is 12.9. The van der Waals surface area contributed by atoms with E-state index in [-0.39, 0.29) is 35.7 Å². The first-order valence-electron chi connectivity index (χ1n) is 11.4. The van der Waals surface area contributed by atoms with Gasteiger partial charge < -0.3 is 10.1 Å². The molecule has 1 aliphatic carbocycles. The summed E-state index contributed by atoms with van der Waals surface area (Å²) in [6, 6.07) is 20.7. The fourth-order valence-corrected chi connectivity index (χ4v) is 5.61. The van der Waals surface area contributed by atoms with Crippen molar-refractivity contribution >= 4 is 33.2 Å². The van der Waals surface area contributed by atoms with Gasteiger partial charge in [0, 0.05) is 5.69 Å². The third kappa shape index (κ3) is 4.85. The lowest BCUT2D eigenvalue weighted by atomic mass is 9.88. The van der Waals surface area contributed by atoms with Crippen molar-refractivity contribution in [2.45, 2.75) is 30.2 Å². The van der Waals surface area contributed by atoms with Crippen LogP contribution in [0.3, 0.4) is 0 Å². The smallest absolute Gasteiger partial charge is 0.265 e. The molecule has 0 saturated carbocycles. The van der Waals surface area contributed by atoms with Gasteiger partial charge in [0.25, 0.3) is 15.9 Å². The Kier molecular flexibility index (Phi) is 6.17. The van der Waals surface area contributed by atoms with E-state index in [1.165, 1.54) is 28.7 Å². The molecule has 2 N–H and O–H groups in total. The lowest BCUT2D eigenvalue weighted by Gasteiger charge is -2.31. The molecule has 0 spiro atoms. The minimum absolute atomic E-state index is 0.0370. The Balaban J connectivity index is 1.37. The van der Waals surface area contributed by atoms with Crippen LogP contribution in [0, 0.1) is 0 Å². The Morgan fingerprint density at radius 3 is 2.63 bits per heavy atom. The van der Waals surface area contributed by atoms with Crippen molar-refractivity contribution in [2.75, 3.05) is 22.8 Å². The molecule has 1 aliphatic heterocycles. The number of carbonyl (C=O) groups is 2. The minimum Gasteiger partial charge on any atom is -0.482 e. The predicted octanol–water partition coefficient (Wildman–Crippen LogP) is 3.41. The van der Waals surface area contributed by atoms with Crippen molar-refractivity contribution in [2.24, 2.45) is 0 Å². The molecule has 0 unspecified atom stereocenters. The molecule has 0 aromatic heterocycles. The van der Waals surface area contributed by atoms with E-state index in [9.17, 15) is 18.0 Å². The van der Waals surface area contributed by atoms with Gasteiger partial charge in [0.05, 0.1) is 16.6 Å². The highest BCUT2D eigenvalue weighted by molar-refractivity contribution is 7.92. The number of ether oxygens (including phenoxy) is 1. The van der Waals surface area contributed by atoms with Crippen LogP contribution in [0.1, 0.15) is 30.0 Å². The summed E-state index contributed by atoms with van der Waals surface area (Å²) in [5.74, 6) is -0.384. The zero-order chi connectivity index (χ0) is 24.4. The molecule has 2 aliphatic rings. The zero-order valence-corrected chi connectivity index (χ0v) is 19.8. The second-order valence-electron chi connectivity index (χ2n) is 8.58. The molecule has 9 heteroatoms. The molecule has 0 saturated heterocycles. The van der Waals surface area contributed by atoms with Gasteiger partial charge in [0.2, 0.25) is 5.91 Å². The number of carbonyl (C=O) groups excluding carboxylic acids is 2. The summed E-state index contributed by atoms with van der Waals surface area (Å²) in [5, 5.41) is 3.05. The molecule has 1 atom stereocenters. The number of anilines is 2. The summed E-state index contributed by atoms with van der Waals surface area (Å²) in [4.78, 5) is 26.9. The largest absolute Gasteiger partial charge is 0.482 e. The van der Waals surface area contributed by atoms with E-state index in [0.717, 1.165) is 24.8 Å². The van der Waals surface area contributed by atoms with Gasteiger partial charge in [0.15, 0.2) is 6.61 Å². The summed E-state index contributed by atoms with van der Waals surface area (Å²) in [7, 11) is -3.92. The van der Waals surface area contributed by atoms with Crippen LogP contribution in [0.25, 0.3) is 0 Å². The van der Waals surface area contributed by atoms with E-state index in [1.807, 2.05) is 18.2 Å². The lowest BCUT2D eigenvalue weighted by molar-refractivity contribution is -0.125. The Hall–Kier alpha value is -3.85. The van der Waals surface area contributed by atoms with Gasteiger partial charge in [-0.2, -0.15) is 0 Å². The van der Waals surface area contributed by atoms with E-state index in [0.29, 0.717) is 11.4 Å². The molecule has 3 aromatic carbocycles. The highest BCUT2D eigenvalue weighted by atomic mass is 32.2. The Morgan fingerprint density at radius 2 is 1.80 bits per heavy atom. The van der Waals surface area contributed by atoms with Gasteiger partial charge in [-0.05, 0) is 60.7 Å². The van der Waals surface area contributed by atoms with Gasteiger partial charge in [-0.15, -0.1) is 0 Å². The maximum atomic E-state index is 13.0. The number of fused-ring (bicyclic) bond motifs is 2. The number of rotatable bonds is 6. The van der Waals surface area contributed by atoms with Crippen molar-refractivity contribution in [1.29, 1.82) is 0 Å². The highest BCUT2D eigenvalue weighted by Gasteiger charge is 2.30. The molecule has 0 radical (unpaired) electrons. The van der Waals surface area contributed by atoms with Gasteiger partial charge in [-0.3, -0.25) is 19.2 Å². The monoisotopic (exact) mass is 491 g/mol. The standard InChI is InChI=1S/C26H25N3O5S/c30-25(27-22-12-6-8-18-7-4-5-11-21(18)22)16-29-23-15-20(13-14-24(23)34-17-26(29)31)35(32,33)28-19-9-2-1-3-10-19/h1-5,7,9-11,13-15,22,28H,6,8,12,16-17H2,(H,27,30)/t22-/m1/s1. The normalized spacial score (nSPS) is 17.1. The Labute approximate surface area is 204 Å². The molecule has 5 rings (SSSR count). The number of amides is 2. The molecule has 8 nitrogen and oxygen atoms in total. The summed E-state index contributed by atoms with van der Waals surface area (Å²) in [6.07, 6.45) is 2.77. The van der Waals surface area contributed by atoms with Crippen LogP contribution in [0.4, 0.5) is 11.4 Å². The molecule has 0 fully saturated rings. The van der Waals surface area contributed by atoms with Gasteiger partial charge in [-0.1, -0.05) is 42.5 Å². The Morgan fingerprint density at radius 1 is 1.03 bits per heavy atom. The quantitative estimate of drug-likeness (QED) is 0.550. The second-order valence-corrected chi connectivity index (χ2v) is 10.3. The molecule has 1 heterocycles. The van der Waals surface area contributed by atoms with Crippen LogP contribution < -0.4 is 19.7 Å². The fourth-order valence-electron chi connectivity index (χ4n) is 4.53. The van der Waals surface area contributed by atoms with Crippen molar-refractivity contribution in [3.63, 3.8) is 0 Å². The molecule has 0 bridgehead atoms. The number of hydrogen-bond donors (Lipinski definition) is 2. The maximum Gasteiger partial charge on any atom is 0.265 e. The first kappa shape index (κ1) is 22.9. The van der Waals surface area contributed by atoms with Gasteiger partial charge in [0.1, 0.15) is 12.3 Å². The van der Waals surface area contributed by atoms with Gasteiger partial charge >= 0.3 is 0 Å². The van der Waals surface area contributed by atoms with Crippen molar-refractivity contribution in [3.8, 4) is 5.75 Å². The highest BCUT2D eigenvalue weighted by Crippen LogP contribution is 2.35. The fraction of sp³-hybridized carbons (Fsp3) is 0.231. The summed E-state index contributed by atoms with van der Waals surface area (Å²) >= 11 is 0. The molecule has 3 aromatic rings. The van der Waals surface area contributed by atoms with Crippen LogP contribution in [-0.2, 0) is 26.0 Å². The van der Waals surface area contributed by atoms with E-state index in [4.69, 9.17) is 4.74 Å². The van der Waals surface area contributed by atoms with Crippen LogP contribution >= 0.6 is 0 Å². The maximum absolute atomic E-state index is 13.0. The summed E-state index contributed by atoms with van der Waals surface area (Å²) < 4.78 is 33.9. The van der Waals surface area contributed by atoms with E-state index >= 15 is 0 Å². The SMILES string of the molecule is O=C(CN1C(=O)COc2ccc(S(=O)(=O)Nc3ccccc3)cc21)N[C@@H]1CCCc2ccccc21. The molecular formula is C26H25N3O5S. The molecule has 35 heavy (non-hydrogen) atoms. The number of aryl methyl sites for hydroxylation is 1. The summed E-state index contributed by atoms with van der Waals surface area (Å²) in [6.45, 7) is -0.454. The number of nitrogens with zero attached hydrogens (tertiary/aromatic N) is 1. The van der Waals surface area contributed by atoms with Crippen molar-refractivity contribution in [1.82, 2.24) is 5.32 Å². The lowest BCUT2D eigenvalue weighted by Crippen LogP contribution is -2.46. The van der Waals surface area contributed by atoms with E-state index in [2.05, 4.69) is 16.1 Å². The topological polar surface area (TPSA) is 105 Å². The average Bonchev–Trinajstić information content (AvgIpc) is 2.86. The van der Waals surface area contributed by atoms with Crippen LogP contribution in [-0.4, -0.2) is 33.4 Å². The number of para-hydroxylation sites is 1. The van der Waals surface area contributed by atoms with E-state index in [1.54, 1.807) is 30.3 Å². The average molecular weight is 492 g/mol. The predicted molar refractivity (Wildman–Crippen MR) is 132 cm³/mol. The van der Waals surface area contributed by atoms with Gasteiger partial charge in [-0.25, -0.2) is 8.42 Å².